The van der Waals surface area contributed by atoms with Gasteiger partial charge >= 0.3 is 12.4 Å². The van der Waals surface area contributed by atoms with Crippen LogP contribution in [0.1, 0.15) is 205 Å². The zero-order chi connectivity index (χ0) is 91.8. The van der Waals surface area contributed by atoms with Crippen molar-refractivity contribution in [2.24, 2.45) is 21.7 Å². The summed E-state index contributed by atoms with van der Waals surface area (Å²) in [6.07, 6.45) is -8.61. The largest absolute Gasteiger partial charge is 0.432 e. The molecule has 12 rings (SSSR count). The highest BCUT2D eigenvalue weighted by atomic mass is 35.5. The van der Waals surface area contributed by atoms with E-state index in [2.05, 4.69) is 62.8 Å². The molecule has 0 radical (unpaired) electrons. The number of carbonyl (C=O) groups excluding carboxylic acids is 8. The van der Waals surface area contributed by atoms with Crippen LogP contribution in [0.15, 0.2) is 170 Å². The minimum absolute atomic E-state index is 0.0137. The van der Waals surface area contributed by atoms with Crippen molar-refractivity contribution in [3.8, 4) is 0 Å². The van der Waals surface area contributed by atoms with Gasteiger partial charge in [0.25, 0.3) is 23.6 Å². The molecule has 8 aromatic carbocycles. The number of nitrogens with zero attached hydrogens (tertiary/aromatic N) is 4. The Morgan fingerprint density at radius 2 is 0.508 bits per heavy atom. The molecule has 4 N–H and O–H groups in total. The van der Waals surface area contributed by atoms with Gasteiger partial charge in [-0.25, -0.2) is 0 Å². The van der Waals surface area contributed by atoms with Crippen LogP contribution in [-0.4, -0.2) is 91.7 Å². The zero-order valence-corrected chi connectivity index (χ0v) is 76.1. The molecule has 0 bridgehead atoms. The molecule has 12 aromatic rings. The normalized spacial score (nSPS) is 12.0. The van der Waals surface area contributed by atoms with Gasteiger partial charge in [0.05, 0.1) is 47.8 Å². The summed E-state index contributed by atoms with van der Waals surface area (Å²) in [6, 6.07) is 46.4. The fraction of sp³-hybridized carbons (Fsp3) is 0.347. The van der Waals surface area contributed by atoms with Gasteiger partial charge in [0, 0.05) is 101 Å². The van der Waals surface area contributed by atoms with Crippen LogP contribution in [0.3, 0.4) is 0 Å². The average Bonchev–Trinajstić information content (AvgIpc) is 1.59. The van der Waals surface area contributed by atoms with Crippen LogP contribution in [-0.2, 0) is 57.2 Å². The molecule has 0 fully saturated rings. The molecular weight excluding hydrogens is 1670 g/mol. The third kappa shape index (κ3) is 25.3. The number of nitrogens with one attached hydrogen (secondary N) is 4. The highest BCUT2D eigenvalue weighted by molar-refractivity contribution is 6.32. The first-order chi connectivity index (χ1) is 57.7. The number of aryl methyl sites for hydroxylation is 4. The van der Waals surface area contributed by atoms with Crippen LogP contribution in [0.2, 0.25) is 20.1 Å². The fourth-order valence-electron chi connectivity index (χ4n) is 14.1. The zero-order valence-electron chi connectivity index (χ0n) is 73.1. The second-order valence-electron chi connectivity index (χ2n) is 36.2. The van der Waals surface area contributed by atoms with Crippen molar-refractivity contribution < 1.29 is 64.7 Å². The molecule has 0 unspecified atom stereocenters. The van der Waals surface area contributed by atoms with Crippen molar-refractivity contribution in [1.29, 1.82) is 0 Å². The van der Waals surface area contributed by atoms with Crippen LogP contribution in [0.5, 0.6) is 0 Å². The second-order valence-corrected chi connectivity index (χ2v) is 37.9. The Hall–Kier alpha value is -10.8. The Kier molecular flexibility index (Phi) is 31.0. The number of hydrogen-bond acceptors (Lipinski definition) is 8. The first-order valence-electron chi connectivity index (χ1n) is 40.6. The first kappa shape index (κ1) is 97.0. The molecule has 4 aromatic heterocycles. The number of hydrogen-bond donors (Lipinski definition) is 4. The van der Waals surface area contributed by atoms with E-state index in [1.807, 2.05) is 106 Å². The summed E-state index contributed by atoms with van der Waals surface area (Å²) >= 11 is 23.7. The average molecular weight is 1780 g/mol. The lowest BCUT2D eigenvalue weighted by atomic mass is 9.92. The minimum atomic E-state index is -4.85. The van der Waals surface area contributed by atoms with Crippen LogP contribution >= 0.6 is 46.4 Å². The molecule has 0 aliphatic heterocycles. The maximum atomic E-state index is 14.3. The standard InChI is InChI=1S/C25H26ClF3N2O2.C25H29ClN2O2.C24H24ClF3N2O2.C24H27ClN2O2/c1-15-5-10-20-18(13-15)19(14-21(32)30-12-11-24(2,3)4)22(25(27,28)29)31(20)23(33)16-6-8-17(26)9-7-16;1-16-6-11-22-21(14-16)20(15-23(29)27-13-12-25(3,4)5)17(2)28(22)24(30)18-7-9-19(26)10-8-18;1-14-5-10-19-17(11-14)18(12-20(31)29-13-23(2,3)4)21(24(26,27)28)30(19)22(32)15-6-8-16(25)9-7-15;1-15-6-11-21-20(12-15)19(13-22(28)26-14-24(3,4)5)16(2)27(21)23(29)17-7-9-18(25)10-8-17/h5-10,13H,11-12,14H2,1-4H3,(H,30,32);6-11,14H,12-13,15H2,1-5H3,(H,27,29);5-11H,12-13H2,1-4H3,(H,29,31);6-12H,13-14H2,1-5H3,(H,26,28). The van der Waals surface area contributed by atoms with E-state index in [0.717, 1.165) is 73.0 Å². The topological polar surface area (TPSA) is 204 Å². The quantitative estimate of drug-likeness (QED) is 0.0607. The first-order valence-corrected chi connectivity index (χ1v) is 42.1. The summed E-state index contributed by atoms with van der Waals surface area (Å²) in [5.41, 5.74) is 7.28. The third-order valence-corrected chi connectivity index (χ3v) is 21.5. The van der Waals surface area contributed by atoms with E-state index in [1.54, 1.807) is 95.8 Å². The van der Waals surface area contributed by atoms with Crippen molar-refractivity contribution in [3.63, 3.8) is 0 Å². The molecule has 0 spiro atoms. The number of fused-ring (bicyclic) bond motifs is 4. The summed E-state index contributed by atoms with van der Waals surface area (Å²) < 4.78 is 90.5. The van der Waals surface area contributed by atoms with Gasteiger partial charge in [0.1, 0.15) is 11.4 Å². The van der Waals surface area contributed by atoms with E-state index in [0.29, 0.717) is 73.0 Å². The Morgan fingerprint density at radius 1 is 0.290 bits per heavy atom. The maximum Gasteiger partial charge on any atom is 0.432 e. The van der Waals surface area contributed by atoms with Gasteiger partial charge in [-0.1, -0.05) is 176 Å². The lowest BCUT2D eigenvalue weighted by molar-refractivity contribution is -0.143. The van der Waals surface area contributed by atoms with Crippen LogP contribution in [0.25, 0.3) is 43.6 Å². The molecule has 0 saturated heterocycles. The van der Waals surface area contributed by atoms with Gasteiger partial charge in [-0.3, -0.25) is 56.6 Å². The molecule has 124 heavy (non-hydrogen) atoms. The number of alkyl halides is 6. The van der Waals surface area contributed by atoms with Crippen LogP contribution < -0.4 is 21.3 Å². The molecule has 16 nitrogen and oxygen atoms in total. The lowest BCUT2D eigenvalue weighted by Crippen LogP contribution is -2.33. The Bertz CT molecular complexity index is 5990. The molecule has 4 heterocycles. The SMILES string of the molecule is Cc1ccc2c(c1)c(CC(=O)NCC(C)(C)C)c(C(F)(F)F)n2C(=O)c1ccc(Cl)cc1.Cc1ccc2c(c1)c(CC(=O)NCC(C)(C)C)c(C)n2C(=O)c1ccc(Cl)cc1.Cc1ccc2c(c1)c(CC(=O)NCCC(C)(C)C)c(C(F)(F)F)n2C(=O)c1ccc(Cl)cc1.Cc1ccc2c(c1)c(CC(=O)NCCC(C)(C)C)c(C)n2C(=O)c1ccc(Cl)cc1. The Morgan fingerprint density at radius 3 is 0.742 bits per heavy atom. The molecular formula is C98H106Cl4F6N8O8. The van der Waals surface area contributed by atoms with Gasteiger partial charge in [0.2, 0.25) is 23.6 Å². The van der Waals surface area contributed by atoms with Crippen molar-refractivity contribution in [3.05, 3.63) is 279 Å². The van der Waals surface area contributed by atoms with E-state index in [4.69, 9.17) is 46.4 Å². The summed E-state index contributed by atoms with van der Waals surface area (Å²) in [5.74, 6) is -3.07. The van der Waals surface area contributed by atoms with E-state index >= 15 is 0 Å². The van der Waals surface area contributed by atoms with Crippen LogP contribution in [0.4, 0.5) is 26.3 Å². The van der Waals surface area contributed by atoms with Crippen molar-refractivity contribution in [2.75, 3.05) is 26.2 Å². The van der Waals surface area contributed by atoms with E-state index < -0.39 is 60.2 Å². The molecule has 0 aliphatic carbocycles. The van der Waals surface area contributed by atoms with Gasteiger partial charge in [-0.2, -0.15) is 26.3 Å². The number of aromatic nitrogens is 4. The number of benzene rings is 8. The monoisotopic (exact) mass is 1780 g/mol. The van der Waals surface area contributed by atoms with Crippen LogP contribution in [0, 0.1) is 63.2 Å². The number of carbonyl (C=O) groups is 8. The fourth-order valence-corrected chi connectivity index (χ4v) is 14.6. The molecule has 26 heteroatoms. The Balaban J connectivity index is 0.000000188. The van der Waals surface area contributed by atoms with Gasteiger partial charge in [-0.15, -0.1) is 0 Å². The van der Waals surface area contributed by atoms with Crippen molar-refractivity contribution >= 4 is 137 Å². The second kappa shape index (κ2) is 39.6. The summed E-state index contributed by atoms with van der Waals surface area (Å²) in [6.45, 7) is 37.7. The third-order valence-electron chi connectivity index (χ3n) is 20.5. The number of amides is 4. The van der Waals surface area contributed by atoms with Gasteiger partial charge < -0.3 is 21.3 Å². The lowest BCUT2D eigenvalue weighted by Gasteiger charge is -2.19. The van der Waals surface area contributed by atoms with Gasteiger partial charge in [0.15, 0.2) is 0 Å². The van der Waals surface area contributed by atoms with Gasteiger partial charge in [-0.05, 0) is 244 Å². The summed E-state index contributed by atoms with van der Waals surface area (Å²) in [5, 5.41) is 15.7. The Labute approximate surface area is 739 Å². The smallest absolute Gasteiger partial charge is 0.356 e. The predicted molar refractivity (Wildman–Crippen MR) is 485 cm³/mol. The maximum absolute atomic E-state index is 14.3. The summed E-state index contributed by atoms with van der Waals surface area (Å²) in [7, 11) is 0. The van der Waals surface area contributed by atoms with E-state index in [-0.39, 0.29) is 102 Å². The summed E-state index contributed by atoms with van der Waals surface area (Å²) in [4.78, 5) is 103. The highest BCUT2D eigenvalue weighted by Gasteiger charge is 2.43. The van der Waals surface area contributed by atoms with E-state index in [9.17, 15) is 64.7 Å². The van der Waals surface area contributed by atoms with E-state index in [1.165, 1.54) is 60.7 Å². The molecule has 0 saturated carbocycles. The number of halogens is 10. The molecule has 0 aliphatic rings. The van der Waals surface area contributed by atoms with Crippen molar-refractivity contribution in [2.45, 2.75) is 176 Å². The minimum Gasteiger partial charge on any atom is -0.356 e. The molecule has 0 atom stereocenters. The molecule has 656 valence electrons. The predicted octanol–water partition coefficient (Wildman–Crippen LogP) is 23.4. The highest BCUT2D eigenvalue weighted by Crippen LogP contribution is 2.43. The van der Waals surface area contributed by atoms with Crippen molar-refractivity contribution in [1.82, 2.24) is 39.5 Å². The molecule has 4 amide bonds. The number of rotatable bonds is 18.